The molecule has 2 N–H and O–H groups in total. The summed E-state index contributed by atoms with van der Waals surface area (Å²) in [6, 6.07) is 6.69. The summed E-state index contributed by atoms with van der Waals surface area (Å²) in [5, 5.41) is 0. The zero-order chi connectivity index (χ0) is 11.7. The Bertz CT molecular complexity index is 549. The maximum Gasteiger partial charge on any atom is 0.229 e. The average Bonchev–Trinajstić information content (AvgIpc) is 2.67. The second-order valence-electron chi connectivity index (χ2n) is 3.16. The summed E-state index contributed by atoms with van der Waals surface area (Å²) < 4.78 is 6.45. The SMILES string of the molecule is Nc1ccc(C(=O)c2occc2Br)cc1Br. The molecule has 82 valence electrons. The Kier molecular flexibility index (Phi) is 3.16. The van der Waals surface area contributed by atoms with E-state index in [1.165, 1.54) is 6.26 Å². The Morgan fingerprint density at radius 1 is 1.19 bits per heavy atom. The van der Waals surface area contributed by atoms with Gasteiger partial charge in [0.05, 0.1) is 10.7 Å². The lowest BCUT2D eigenvalue weighted by Crippen LogP contribution is -2.01. The fourth-order valence-corrected chi connectivity index (χ4v) is 2.02. The number of benzene rings is 1. The van der Waals surface area contributed by atoms with Gasteiger partial charge >= 0.3 is 0 Å². The quantitative estimate of drug-likeness (QED) is 0.668. The summed E-state index contributed by atoms with van der Waals surface area (Å²) in [7, 11) is 0. The van der Waals surface area contributed by atoms with Crippen molar-refractivity contribution >= 4 is 43.3 Å². The van der Waals surface area contributed by atoms with Crippen LogP contribution in [0.1, 0.15) is 16.1 Å². The molecule has 1 aromatic heterocycles. The van der Waals surface area contributed by atoms with Crippen LogP contribution in [0.5, 0.6) is 0 Å². The highest BCUT2D eigenvalue weighted by Crippen LogP contribution is 2.25. The van der Waals surface area contributed by atoms with E-state index in [1.54, 1.807) is 24.3 Å². The third-order valence-electron chi connectivity index (χ3n) is 2.09. The summed E-state index contributed by atoms with van der Waals surface area (Å²) in [6.45, 7) is 0. The van der Waals surface area contributed by atoms with Crippen LogP contribution in [0.2, 0.25) is 0 Å². The van der Waals surface area contributed by atoms with Crippen molar-refractivity contribution < 1.29 is 9.21 Å². The van der Waals surface area contributed by atoms with Crippen LogP contribution < -0.4 is 5.73 Å². The predicted molar refractivity (Wildman–Crippen MR) is 68.4 cm³/mol. The summed E-state index contributed by atoms with van der Waals surface area (Å²) in [5.74, 6) is 0.106. The van der Waals surface area contributed by atoms with Gasteiger partial charge in [-0.2, -0.15) is 0 Å². The first-order chi connectivity index (χ1) is 7.59. The average molecular weight is 345 g/mol. The highest BCUT2D eigenvalue weighted by molar-refractivity contribution is 9.11. The molecule has 1 aromatic carbocycles. The number of nitrogen functional groups attached to an aromatic ring is 1. The van der Waals surface area contributed by atoms with Crippen molar-refractivity contribution in [3.8, 4) is 0 Å². The first-order valence-electron chi connectivity index (χ1n) is 4.42. The summed E-state index contributed by atoms with van der Waals surface area (Å²) in [4.78, 5) is 12.0. The lowest BCUT2D eigenvalue weighted by molar-refractivity contribution is 0.101. The number of rotatable bonds is 2. The molecule has 0 bridgehead atoms. The van der Waals surface area contributed by atoms with Crippen LogP contribution in [0.25, 0.3) is 0 Å². The molecule has 0 fully saturated rings. The van der Waals surface area contributed by atoms with E-state index in [4.69, 9.17) is 10.2 Å². The molecule has 0 unspecified atom stereocenters. The molecule has 16 heavy (non-hydrogen) atoms. The van der Waals surface area contributed by atoms with Crippen molar-refractivity contribution in [2.75, 3.05) is 5.73 Å². The molecule has 2 aromatic rings. The highest BCUT2D eigenvalue weighted by atomic mass is 79.9. The molecular weight excluding hydrogens is 338 g/mol. The minimum Gasteiger partial charge on any atom is -0.460 e. The molecule has 0 amide bonds. The Morgan fingerprint density at radius 3 is 2.50 bits per heavy atom. The Morgan fingerprint density at radius 2 is 1.94 bits per heavy atom. The molecular formula is C11H7Br2NO2. The van der Waals surface area contributed by atoms with Gasteiger partial charge in [0.2, 0.25) is 5.78 Å². The minimum atomic E-state index is -0.183. The van der Waals surface area contributed by atoms with E-state index in [1.807, 2.05) is 0 Å². The van der Waals surface area contributed by atoms with E-state index in [9.17, 15) is 4.79 Å². The molecule has 0 aliphatic heterocycles. The Hall–Kier alpha value is -1.07. The third kappa shape index (κ3) is 2.05. The van der Waals surface area contributed by atoms with Crippen molar-refractivity contribution in [3.63, 3.8) is 0 Å². The van der Waals surface area contributed by atoms with Crippen LogP contribution in [0.15, 0.2) is 43.9 Å². The summed E-state index contributed by atoms with van der Waals surface area (Å²) in [5.41, 5.74) is 6.76. The number of carbonyl (C=O) groups is 1. The maximum absolute atomic E-state index is 12.0. The number of halogens is 2. The van der Waals surface area contributed by atoms with Crippen molar-refractivity contribution in [2.45, 2.75) is 0 Å². The normalized spacial score (nSPS) is 10.4. The Labute approximate surface area is 109 Å². The van der Waals surface area contributed by atoms with Crippen LogP contribution in [-0.4, -0.2) is 5.78 Å². The molecule has 0 aliphatic rings. The number of nitrogens with two attached hydrogens (primary N) is 1. The Balaban J connectivity index is 2.42. The van der Waals surface area contributed by atoms with Gasteiger partial charge in [-0.1, -0.05) is 0 Å². The van der Waals surface area contributed by atoms with Crippen molar-refractivity contribution in [2.24, 2.45) is 0 Å². The number of hydrogen-bond acceptors (Lipinski definition) is 3. The van der Waals surface area contributed by atoms with E-state index >= 15 is 0 Å². The number of hydrogen-bond donors (Lipinski definition) is 1. The first-order valence-corrected chi connectivity index (χ1v) is 6.01. The van der Waals surface area contributed by atoms with E-state index in [0.29, 0.717) is 20.2 Å². The van der Waals surface area contributed by atoms with Gasteiger partial charge in [-0.15, -0.1) is 0 Å². The fourth-order valence-electron chi connectivity index (χ4n) is 1.26. The van der Waals surface area contributed by atoms with Gasteiger partial charge in [0.25, 0.3) is 0 Å². The largest absolute Gasteiger partial charge is 0.460 e. The standard InChI is InChI=1S/C11H7Br2NO2/c12-7-3-4-16-11(7)10(15)6-1-2-9(14)8(13)5-6/h1-5H,14H2. The molecule has 0 aliphatic carbocycles. The van der Waals surface area contributed by atoms with Crippen molar-refractivity contribution in [1.82, 2.24) is 0 Å². The predicted octanol–water partition coefficient (Wildman–Crippen LogP) is 3.62. The van der Waals surface area contributed by atoms with Crippen molar-refractivity contribution in [1.29, 1.82) is 0 Å². The van der Waals surface area contributed by atoms with Gasteiger partial charge in [-0.25, -0.2) is 0 Å². The molecule has 5 heteroatoms. The second kappa shape index (κ2) is 4.43. The molecule has 2 rings (SSSR count). The van der Waals surface area contributed by atoms with Crippen LogP contribution >= 0.6 is 31.9 Å². The first kappa shape index (κ1) is 11.4. The van der Waals surface area contributed by atoms with Crippen LogP contribution in [0, 0.1) is 0 Å². The van der Waals surface area contributed by atoms with Gasteiger partial charge in [-0.05, 0) is 56.1 Å². The second-order valence-corrected chi connectivity index (χ2v) is 4.87. The van der Waals surface area contributed by atoms with Gasteiger partial charge < -0.3 is 10.2 Å². The molecule has 1 heterocycles. The van der Waals surface area contributed by atoms with E-state index in [2.05, 4.69) is 31.9 Å². The van der Waals surface area contributed by atoms with E-state index in [0.717, 1.165) is 0 Å². The zero-order valence-corrected chi connectivity index (χ0v) is 11.2. The number of anilines is 1. The third-order valence-corrected chi connectivity index (χ3v) is 3.40. The molecule has 0 saturated carbocycles. The summed E-state index contributed by atoms with van der Waals surface area (Å²) >= 11 is 6.52. The zero-order valence-electron chi connectivity index (χ0n) is 8.04. The van der Waals surface area contributed by atoms with Crippen molar-refractivity contribution in [3.05, 3.63) is 50.8 Å². The monoisotopic (exact) mass is 343 g/mol. The molecule has 3 nitrogen and oxygen atoms in total. The fraction of sp³-hybridized carbons (Fsp3) is 0. The number of ketones is 1. The number of carbonyl (C=O) groups excluding carboxylic acids is 1. The molecule has 0 spiro atoms. The van der Waals surface area contributed by atoms with Crippen LogP contribution in [0.3, 0.4) is 0 Å². The van der Waals surface area contributed by atoms with Gasteiger partial charge in [0.15, 0.2) is 5.76 Å². The van der Waals surface area contributed by atoms with Gasteiger partial charge in [0.1, 0.15) is 0 Å². The van der Waals surface area contributed by atoms with Crippen LogP contribution in [0.4, 0.5) is 5.69 Å². The molecule has 0 saturated heterocycles. The van der Waals surface area contributed by atoms with Crippen LogP contribution in [-0.2, 0) is 0 Å². The van der Waals surface area contributed by atoms with E-state index < -0.39 is 0 Å². The maximum atomic E-state index is 12.0. The highest BCUT2D eigenvalue weighted by Gasteiger charge is 2.16. The number of furan rings is 1. The van der Waals surface area contributed by atoms with Gasteiger partial charge in [-0.3, -0.25) is 4.79 Å². The lowest BCUT2D eigenvalue weighted by Gasteiger charge is -2.02. The topological polar surface area (TPSA) is 56.2 Å². The molecule has 0 atom stereocenters. The van der Waals surface area contributed by atoms with Gasteiger partial charge in [0, 0.05) is 15.7 Å². The lowest BCUT2D eigenvalue weighted by atomic mass is 10.1. The summed E-state index contributed by atoms with van der Waals surface area (Å²) in [6.07, 6.45) is 1.46. The minimum absolute atomic E-state index is 0.183. The smallest absolute Gasteiger partial charge is 0.229 e. The molecule has 0 radical (unpaired) electrons. The van der Waals surface area contributed by atoms with E-state index in [-0.39, 0.29) is 11.5 Å².